The molecule has 1 N–H and O–H groups in total. The van der Waals surface area contributed by atoms with Gasteiger partial charge in [0.25, 0.3) is 0 Å². The van der Waals surface area contributed by atoms with E-state index in [1.165, 1.54) is 23.4 Å². The number of thiazole rings is 1. The SMILES string of the molecule is CN(C)C(=O)CNC(=NCc1ccccc1)N(C)Cc1nc2c(s1)CCCC2.I. The van der Waals surface area contributed by atoms with Crippen molar-refractivity contribution in [3.05, 3.63) is 51.5 Å². The second-order valence-corrected chi connectivity index (χ2v) is 8.48. The Balaban J connectivity index is 0.00000300. The molecule has 3 rings (SSSR count). The largest absolute Gasteiger partial charge is 0.347 e. The number of guanidine groups is 1. The fraction of sp³-hybridized carbons (Fsp3) is 0.476. The summed E-state index contributed by atoms with van der Waals surface area (Å²) in [4.78, 5) is 26.7. The second kappa shape index (κ2) is 11.5. The zero-order valence-corrected chi connectivity index (χ0v) is 20.5. The number of likely N-dealkylation sites (N-methyl/N-ethyl adjacent to an activating group) is 1. The van der Waals surface area contributed by atoms with Crippen LogP contribution in [0.15, 0.2) is 35.3 Å². The van der Waals surface area contributed by atoms with Crippen molar-refractivity contribution in [1.29, 1.82) is 0 Å². The summed E-state index contributed by atoms with van der Waals surface area (Å²) in [7, 11) is 5.51. The van der Waals surface area contributed by atoms with Gasteiger partial charge in [0, 0.05) is 26.0 Å². The standard InChI is InChI=1S/C21H29N5OS.HI/c1-25(2)20(27)14-23-21(22-13-16-9-5-4-6-10-16)26(3)15-19-24-17-11-7-8-12-18(17)28-19;/h4-6,9-10H,7-8,11-15H2,1-3H3,(H,22,23);1H. The number of aryl methyl sites for hydroxylation is 2. The average molecular weight is 527 g/mol. The van der Waals surface area contributed by atoms with Crippen molar-refractivity contribution in [2.45, 2.75) is 38.8 Å². The van der Waals surface area contributed by atoms with Crippen molar-refractivity contribution in [1.82, 2.24) is 20.1 Å². The molecule has 29 heavy (non-hydrogen) atoms. The first-order chi connectivity index (χ1) is 13.5. The number of rotatable bonds is 6. The summed E-state index contributed by atoms with van der Waals surface area (Å²) in [6, 6.07) is 10.1. The highest BCUT2D eigenvalue weighted by Gasteiger charge is 2.17. The minimum absolute atomic E-state index is 0. The Kier molecular flexibility index (Phi) is 9.35. The highest BCUT2D eigenvalue weighted by atomic mass is 127. The number of aliphatic imine (C=N–C) groups is 1. The lowest BCUT2D eigenvalue weighted by Crippen LogP contribution is -2.43. The molecule has 2 aromatic rings. The van der Waals surface area contributed by atoms with Gasteiger partial charge in [-0.3, -0.25) is 4.79 Å². The molecule has 1 amide bonds. The molecule has 1 heterocycles. The van der Waals surface area contributed by atoms with Crippen molar-refractivity contribution in [2.24, 2.45) is 4.99 Å². The number of carbonyl (C=O) groups excluding carboxylic acids is 1. The molecule has 0 unspecified atom stereocenters. The molecule has 158 valence electrons. The van der Waals surface area contributed by atoms with Crippen LogP contribution in [0.2, 0.25) is 0 Å². The summed E-state index contributed by atoms with van der Waals surface area (Å²) in [5, 5.41) is 4.33. The van der Waals surface area contributed by atoms with Crippen LogP contribution in [0.5, 0.6) is 0 Å². The fourth-order valence-electron chi connectivity index (χ4n) is 3.12. The Labute approximate surface area is 194 Å². The Bertz CT molecular complexity index is 798. The van der Waals surface area contributed by atoms with E-state index >= 15 is 0 Å². The van der Waals surface area contributed by atoms with Crippen molar-refractivity contribution >= 4 is 47.2 Å². The molecular weight excluding hydrogens is 497 g/mol. The maximum absolute atomic E-state index is 12.0. The zero-order chi connectivity index (χ0) is 19.9. The van der Waals surface area contributed by atoms with Crippen LogP contribution in [-0.2, 0) is 30.7 Å². The average Bonchev–Trinajstić information content (AvgIpc) is 3.10. The number of nitrogens with one attached hydrogen (secondary N) is 1. The molecule has 0 bridgehead atoms. The summed E-state index contributed by atoms with van der Waals surface area (Å²) in [5.74, 6) is 0.734. The number of hydrogen-bond donors (Lipinski definition) is 1. The predicted octanol–water partition coefficient (Wildman–Crippen LogP) is 3.31. The quantitative estimate of drug-likeness (QED) is 0.356. The highest BCUT2D eigenvalue weighted by Crippen LogP contribution is 2.27. The smallest absolute Gasteiger partial charge is 0.241 e. The van der Waals surface area contributed by atoms with Crippen LogP contribution >= 0.6 is 35.3 Å². The van der Waals surface area contributed by atoms with Crippen molar-refractivity contribution in [3.63, 3.8) is 0 Å². The Morgan fingerprint density at radius 3 is 2.59 bits per heavy atom. The number of hydrogen-bond acceptors (Lipinski definition) is 4. The Morgan fingerprint density at radius 2 is 1.90 bits per heavy atom. The van der Waals surface area contributed by atoms with Gasteiger partial charge in [0.1, 0.15) is 5.01 Å². The highest BCUT2D eigenvalue weighted by molar-refractivity contribution is 14.0. The normalized spacial score (nSPS) is 13.3. The van der Waals surface area contributed by atoms with E-state index in [9.17, 15) is 4.79 Å². The van der Waals surface area contributed by atoms with Gasteiger partial charge in [-0.15, -0.1) is 35.3 Å². The van der Waals surface area contributed by atoms with Gasteiger partial charge in [-0.2, -0.15) is 0 Å². The number of aromatic nitrogens is 1. The first kappa shape index (κ1) is 23.6. The summed E-state index contributed by atoms with van der Waals surface area (Å²) in [6.07, 6.45) is 4.76. The molecule has 1 aliphatic rings. The van der Waals surface area contributed by atoms with Gasteiger partial charge >= 0.3 is 0 Å². The van der Waals surface area contributed by atoms with E-state index in [0.717, 1.165) is 23.4 Å². The van der Waals surface area contributed by atoms with Gasteiger partial charge in [0.15, 0.2) is 5.96 Å². The lowest BCUT2D eigenvalue weighted by atomic mass is 10.0. The first-order valence-electron chi connectivity index (χ1n) is 9.74. The fourth-order valence-corrected chi connectivity index (χ4v) is 4.34. The van der Waals surface area contributed by atoms with Crippen molar-refractivity contribution < 1.29 is 4.79 Å². The zero-order valence-electron chi connectivity index (χ0n) is 17.4. The van der Waals surface area contributed by atoms with Crippen LogP contribution in [0.3, 0.4) is 0 Å². The molecule has 1 aromatic carbocycles. The molecule has 1 aromatic heterocycles. The lowest BCUT2D eigenvalue weighted by Gasteiger charge is -2.22. The number of halogens is 1. The summed E-state index contributed by atoms with van der Waals surface area (Å²) < 4.78 is 0. The third kappa shape index (κ3) is 6.95. The van der Waals surface area contributed by atoms with Crippen LogP contribution in [0, 0.1) is 0 Å². The van der Waals surface area contributed by atoms with E-state index in [-0.39, 0.29) is 36.4 Å². The monoisotopic (exact) mass is 527 g/mol. The van der Waals surface area contributed by atoms with E-state index in [4.69, 9.17) is 9.98 Å². The molecule has 1 aliphatic carbocycles. The molecule has 0 atom stereocenters. The third-order valence-corrected chi connectivity index (χ3v) is 5.92. The van der Waals surface area contributed by atoms with E-state index in [1.807, 2.05) is 36.6 Å². The van der Waals surface area contributed by atoms with Crippen molar-refractivity contribution in [2.75, 3.05) is 27.7 Å². The van der Waals surface area contributed by atoms with Gasteiger partial charge in [-0.25, -0.2) is 9.98 Å². The molecule has 0 spiro atoms. The van der Waals surface area contributed by atoms with Gasteiger partial charge < -0.3 is 15.1 Å². The van der Waals surface area contributed by atoms with Gasteiger partial charge in [0.2, 0.25) is 5.91 Å². The van der Waals surface area contributed by atoms with Crippen LogP contribution in [-0.4, -0.2) is 54.3 Å². The third-order valence-electron chi connectivity index (χ3n) is 4.77. The number of nitrogens with zero attached hydrogens (tertiary/aromatic N) is 4. The maximum Gasteiger partial charge on any atom is 0.241 e. The number of amides is 1. The minimum Gasteiger partial charge on any atom is -0.347 e. The van der Waals surface area contributed by atoms with Crippen molar-refractivity contribution in [3.8, 4) is 0 Å². The second-order valence-electron chi connectivity index (χ2n) is 7.31. The Morgan fingerprint density at radius 1 is 1.17 bits per heavy atom. The lowest BCUT2D eigenvalue weighted by molar-refractivity contribution is -0.127. The minimum atomic E-state index is 0. The van der Waals surface area contributed by atoms with Gasteiger partial charge in [0.05, 0.1) is 25.3 Å². The van der Waals surface area contributed by atoms with E-state index in [1.54, 1.807) is 19.0 Å². The van der Waals surface area contributed by atoms with E-state index in [0.29, 0.717) is 19.0 Å². The summed E-state index contributed by atoms with van der Waals surface area (Å²) in [5.41, 5.74) is 2.41. The molecule has 0 fully saturated rings. The topological polar surface area (TPSA) is 60.8 Å². The molecular formula is C21H30IN5OS. The molecule has 0 aliphatic heterocycles. The summed E-state index contributed by atoms with van der Waals surface area (Å²) in [6.45, 7) is 1.48. The van der Waals surface area contributed by atoms with Gasteiger partial charge in [-0.05, 0) is 31.2 Å². The molecule has 0 saturated heterocycles. The number of carbonyl (C=O) groups is 1. The van der Waals surface area contributed by atoms with E-state index < -0.39 is 0 Å². The first-order valence-corrected chi connectivity index (χ1v) is 10.6. The Hall–Kier alpha value is -1.68. The van der Waals surface area contributed by atoms with Crippen LogP contribution < -0.4 is 5.32 Å². The molecule has 6 nitrogen and oxygen atoms in total. The summed E-state index contributed by atoms with van der Waals surface area (Å²) >= 11 is 1.81. The predicted molar refractivity (Wildman–Crippen MR) is 130 cm³/mol. The molecule has 8 heteroatoms. The number of fused-ring (bicyclic) bond motifs is 1. The maximum atomic E-state index is 12.0. The van der Waals surface area contributed by atoms with Gasteiger partial charge in [-0.1, -0.05) is 30.3 Å². The van der Waals surface area contributed by atoms with Crippen LogP contribution in [0.1, 0.15) is 34.0 Å². The number of benzene rings is 1. The molecule has 0 radical (unpaired) electrons. The van der Waals surface area contributed by atoms with E-state index in [2.05, 4.69) is 22.3 Å². The van der Waals surface area contributed by atoms with Crippen LogP contribution in [0.4, 0.5) is 0 Å². The van der Waals surface area contributed by atoms with Crippen LogP contribution in [0.25, 0.3) is 0 Å². The molecule has 0 saturated carbocycles.